The van der Waals surface area contributed by atoms with Crippen LogP contribution in [0.15, 0.2) is 48.5 Å². The fourth-order valence-electron chi connectivity index (χ4n) is 3.68. The molecule has 0 aromatic heterocycles. The zero-order valence-electron chi connectivity index (χ0n) is 18.3. The minimum atomic E-state index is -0.840. The average Bonchev–Trinajstić information content (AvgIpc) is 2.69. The van der Waals surface area contributed by atoms with Gasteiger partial charge in [0.25, 0.3) is 0 Å². The largest absolute Gasteiger partial charge is 0.504 e. The van der Waals surface area contributed by atoms with Crippen molar-refractivity contribution in [3.8, 4) is 17.2 Å². The topological polar surface area (TPSA) is 87.0 Å². The standard InChI is InChI=1S/C26H30O5/c1-26(2,3)22-12-10-18(24(29)25(22)30)6-4-5-13-31-21-11-9-19-14-17(15-23(27)28)7-8-20(19)16-21/h7-12,14,16,29-30H,4-6,13,15H2,1-3H3,(H,27,28). The average molecular weight is 423 g/mol. The van der Waals surface area contributed by atoms with Crippen LogP contribution in [0.4, 0.5) is 0 Å². The Bertz CT molecular complexity index is 1080. The van der Waals surface area contributed by atoms with E-state index in [4.69, 9.17) is 9.84 Å². The summed E-state index contributed by atoms with van der Waals surface area (Å²) in [7, 11) is 0. The number of ether oxygens (including phenoxy) is 1. The lowest BCUT2D eigenvalue weighted by Crippen LogP contribution is -2.11. The smallest absolute Gasteiger partial charge is 0.307 e. The van der Waals surface area contributed by atoms with Crippen molar-refractivity contribution in [3.63, 3.8) is 0 Å². The number of aromatic hydroxyl groups is 2. The maximum Gasteiger partial charge on any atom is 0.307 e. The molecular formula is C26H30O5. The van der Waals surface area contributed by atoms with E-state index in [1.165, 1.54) is 0 Å². The van der Waals surface area contributed by atoms with Crippen LogP contribution in [0.3, 0.4) is 0 Å². The molecule has 0 aliphatic rings. The first-order chi connectivity index (χ1) is 14.6. The molecule has 31 heavy (non-hydrogen) atoms. The molecule has 0 aliphatic carbocycles. The molecule has 164 valence electrons. The van der Waals surface area contributed by atoms with E-state index < -0.39 is 5.97 Å². The highest BCUT2D eigenvalue weighted by Crippen LogP contribution is 2.39. The molecule has 0 unspecified atom stereocenters. The second-order valence-electron chi connectivity index (χ2n) is 8.94. The third-order valence-electron chi connectivity index (χ3n) is 5.38. The number of benzene rings is 3. The number of fused-ring (bicyclic) bond motifs is 1. The Balaban J connectivity index is 1.52. The number of phenols is 2. The van der Waals surface area contributed by atoms with Crippen LogP contribution in [-0.2, 0) is 23.1 Å². The summed E-state index contributed by atoms with van der Waals surface area (Å²) in [6.07, 6.45) is 2.32. The summed E-state index contributed by atoms with van der Waals surface area (Å²) in [5.74, 6) is -0.115. The Morgan fingerprint density at radius 3 is 2.32 bits per heavy atom. The Labute approximate surface area is 182 Å². The van der Waals surface area contributed by atoms with Crippen molar-refractivity contribution in [2.24, 2.45) is 0 Å². The van der Waals surface area contributed by atoms with Crippen molar-refractivity contribution < 1.29 is 24.9 Å². The molecule has 0 radical (unpaired) electrons. The van der Waals surface area contributed by atoms with E-state index in [1.54, 1.807) is 0 Å². The second-order valence-corrected chi connectivity index (χ2v) is 8.94. The van der Waals surface area contributed by atoms with E-state index in [0.29, 0.717) is 13.0 Å². The maximum atomic E-state index is 10.9. The van der Waals surface area contributed by atoms with E-state index in [1.807, 2.05) is 69.3 Å². The van der Waals surface area contributed by atoms with Crippen LogP contribution in [0, 0.1) is 0 Å². The Morgan fingerprint density at radius 1 is 0.903 bits per heavy atom. The van der Waals surface area contributed by atoms with Crippen molar-refractivity contribution in [2.45, 2.75) is 51.9 Å². The second kappa shape index (κ2) is 9.29. The van der Waals surface area contributed by atoms with Gasteiger partial charge in [-0.25, -0.2) is 0 Å². The molecule has 5 heteroatoms. The van der Waals surface area contributed by atoms with E-state index in [9.17, 15) is 15.0 Å². The summed E-state index contributed by atoms with van der Waals surface area (Å²) in [5.41, 5.74) is 2.03. The molecule has 3 aromatic carbocycles. The molecule has 3 N–H and O–H groups in total. The first-order valence-corrected chi connectivity index (χ1v) is 10.6. The molecule has 0 spiro atoms. The van der Waals surface area contributed by atoms with Crippen molar-refractivity contribution in [3.05, 3.63) is 65.2 Å². The first kappa shape index (κ1) is 22.5. The number of rotatable bonds is 8. The Morgan fingerprint density at radius 2 is 1.61 bits per heavy atom. The van der Waals surface area contributed by atoms with Crippen LogP contribution >= 0.6 is 0 Å². The van der Waals surface area contributed by atoms with Gasteiger partial charge < -0.3 is 20.1 Å². The minimum absolute atomic E-state index is 0.0143. The quantitative estimate of drug-likeness (QED) is 0.326. The third kappa shape index (κ3) is 5.69. The van der Waals surface area contributed by atoms with Gasteiger partial charge >= 0.3 is 5.97 Å². The normalized spacial score (nSPS) is 11.6. The number of carboxylic acids is 1. The fraction of sp³-hybridized carbons (Fsp3) is 0.346. The van der Waals surface area contributed by atoms with Crippen LogP contribution in [0.25, 0.3) is 10.8 Å². The molecule has 0 atom stereocenters. The number of hydrogen-bond acceptors (Lipinski definition) is 4. The summed E-state index contributed by atoms with van der Waals surface area (Å²) in [5, 5.41) is 31.6. The van der Waals surface area contributed by atoms with E-state index in [2.05, 4.69) is 0 Å². The number of unbranched alkanes of at least 4 members (excludes halogenated alkanes) is 1. The number of aliphatic carboxylic acids is 1. The molecule has 0 fully saturated rings. The highest BCUT2D eigenvalue weighted by Gasteiger charge is 2.21. The monoisotopic (exact) mass is 422 g/mol. The zero-order valence-corrected chi connectivity index (χ0v) is 18.3. The van der Waals surface area contributed by atoms with Crippen LogP contribution in [-0.4, -0.2) is 27.9 Å². The van der Waals surface area contributed by atoms with Crippen molar-refractivity contribution in [1.29, 1.82) is 0 Å². The van der Waals surface area contributed by atoms with Gasteiger partial charge in [-0.3, -0.25) is 4.79 Å². The molecule has 0 saturated carbocycles. The zero-order chi connectivity index (χ0) is 22.6. The van der Waals surface area contributed by atoms with Gasteiger partial charge in [-0.05, 0) is 58.7 Å². The van der Waals surface area contributed by atoms with Crippen LogP contribution in [0.5, 0.6) is 17.2 Å². The molecule has 3 aromatic rings. The van der Waals surface area contributed by atoms with Gasteiger partial charge in [-0.15, -0.1) is 0 Å². The molecule has 0 saturated heterocycles. The lowest BCUT2D eigenvalue weighted by Gasteiger charge is -2.21. The summed E-state index contributed by atoms with van der Waals surface area (Å²) >= 11 is 0. The number of carbonyl (C=O) groups is 1. The van der Waals surface area contributed by atoms with Gasteiger partial charge in [-0.2, -0.15) is 0 Å². The lowest BCUT2D eigenvalue weighted by molar-refractivity contribution is -0.136. The number of phenolic OH excluding ortho intramolecular Hbond substituents is 2. The predicted octanol–water partition coefficient (Wildman–Crippen LogP) is 5.58. The Hall–Kier alpha value is -3.21. The summed E-state index contributed by atoms with van der Waals surface area (Å²) < 4.78 is 5.86. The highest BCUT2D eigenvalue weighted by molar-refractivity contribution is 5.85. The first-order valence-electron chi connectivity index (χ1n) is 10.6. The van der Waals surface area contributed by atoms with Gasteiger partial charge in [0, 0.05) is 5.56 Å². The molecule has 0 aliphatic heterocycles. The SMILES string of the molecule is CC(C)(C)c1ccc(CCCCOc2ccc3cc(CC(=O)O)ccc3c2)c(O)c1O. The maximum absolute atomic E-state index is 10.9. The van der Waals surface area contributed by atoms with E-state index >= 15 is 0 Å². The van der Waals surface area contributed by atoms with Crippen LogP contribution in [0.1, 0.15) is 50.3 Å². The highest BCUT2D eigenvalue weighted by atomic mass is 16.5. The van der Waals surface area contributed by atoms with Crippen molar-refractivity contribution >= 4 is 16.7 Å². The summed E-state index contributed by atoms with van der Waals surface area (Å²) in [4.78, 5) is 10.9. The van der Waals surface area contributed by atoms with Crippen molar-refractivity contribution in [1.82, 2.24) is 0 Å². The molecule has 0 bridgehead atoms. The molecule has 3 rings (SSSR count). The third-order valence-corrected chi connectivity index (χ3v) is 5.38. The number of hydrogen-bond donors (Lipinski definition) is 3. The number of carboxylic acid groups (broad SMARTS) is 1. The van der Waals surface area contributed by atoms with Gasteiger partial charge in [0.15, 0.2) is 11.5 Å². The lowest BCUT2D eigenvalue weighted by atomic mass is 9.85. The molecule has 0 heterocycles. The number of aryl methyl sites for hydroxylation is 1. The van der Waals surface area contributed by atoms with E-state index in [-0.39, 0.29) is 23.3 Å². The summed E-state index contributed by atoms with van der Waals surface area (Å²) in [6.45, 7) is 6.55. The Kier molecular flexibility index (Phi) is 6.74. The van der Waals surface area contributed by atoms with Crippen LogP contribution < -0.4 is 4.74 Å². The fourth-order valence-corrected chi connectivity index (χ4v) is 3.68. The van der Waals surface area contributed by atoms with Crippen LogP contribution in [0.2, 0.25) is 0 Å². The van der Waals surface area contributed by atoms with E-state index in [0.717, 1.165) is 46.1 Å². The molecular weight excluding hydrogens is 392 g/mol. The predicted molar refractivity (Wildman–Crippen MR) is 122 cm³/mol. The van der Waals surface area contributed by atoms with Gasteiger partial charge in [0.05, 0.1) is 13.0 Å². The van der Waals surface area contributed by atoms with Gasteiger partial charge in [0.1, 0.15) is 5.75 Å². The minimum Gasteiger partial charge on any atom is -0.504 e. The molecule has 5 nitrogen and oxygen atoms in total. The molecule has 0 amide bonds. The van der Waals surface area contributed by atoms with Crippen molar-refractivity contribution in [2.75, 3.05) is 6.61 Å². The van der Waals surface area contributed by atoms with Gasteiger partial charge in [-0.1, -0.05) is 57.2 Å². The summed E-state index contributed by atoms with van der Waals surface area (Å²) in [6, 6.07) is 15.2. The van der Waals surface area contributed by atoms with Gasteiger partial charge in [0.2, 0.25) is 0 Å².